The normalized spacial score (nSPS) is 11.5. The molecule has 80 valence electrons. The highest BCUT2D eigenvalue weighted by molar-refractivity contribution is 7.19. The van der Waals surface area contributed by atoms with E-state index in [0.717, 1.165) is 6.61 Å². The van der Waals surface area contributed by atoms with Crippen molar-refractivity contribution in [2.45, 2.75) is 33.5 Å². The lowest BCUT2D eigenvalue weighted by atomic mass is 10.2. The fraction of sp³-hybridized carbons (Fsp3) is 0.385. The van der Waals surface area contributed by atoms with Crippen LogP contribution in [0.3, 0.4) is 0 Å². The van der Waals surface area contributed by atoms with Gasteiger partial charge in [-0.1, -0.05) is 18.2 Å². The van der Waals surface area contributed by atoms with E-state index in [9.17, 15) is 0 Å². The molecule has 1 aromatic heterocycles. The average molecular weight is 220 g/mol. The Hall–Kier alpha value is -0.860. The van der Waals surface area contributed by atoms with Crippen LogP contribution in [0, 0.1) is 6.92 Å². The molecule has 0 atom stereocenters. The van der Waals surface area contributed by atoms with Gasteiger partial charge in [0.2, 0.25) is 0 Å². The lowest BCUT2D eigenvalue weighted by Gasteiger charge is -2.04. The Morgan fingerprint density at radius 3 is 2.80 bits per heavy atom. The summed E-state index contributed by atoms with van der Waals surface area (Å²) >= 11 is 1.84. The molecular weight excluding hydrogens is 204 g/mol. The number of thiophene rings is 1. The Kier molecular flexibility index (Phi) is 3.08. The van der Waals surface area contributed by atoms with Crippen molar-refractivity contribution in [3.05, 3.63) is 34.7 Å². The predicted octanol–water partition coefficient (Wildman–Crippen LogP) is 4.13. The molecule has 0 saturated carbocycles. The molecule has 0 N–H and O–H groups in total. The second-order valence-corrected chi connectivity index (χ2v) is 5.20. The molecule has 0 saturated heterocycles. The zero-order valence-electron chi connectivity index (χ0n) is 9.41. The van der Waals surface area contributed by atoms with E-state index in [1.807, 2.05) is 11.3 Å². The highest BCUT2D eigenvalue weighted by Crippen LogP contribution is 2.28. The van der Waals surface area contributed by atoms with Gasteiger partial charge < -0.3 is 4.74 Å². The third kappa shape index (κ3) is 2.39. The maximum Gasteiger partial charge on any atom is 0.0813 e. The van der Waals surface area contributed by atoms with Crippen LogP contribution in [0.5, 0.6) is 0 Å². The SMILES string of the molecule is Cc1cccc2cc(COC(C)C)sc12. The quantitative estimate of drug-likeness (QED) is 0.755. The van der Waals surface area contributed by atoms with Crippen molar-refractivity contribution in [1.82, 2.24) is 0 Å². The Balaban J connectivity index is 2.27. The zero-order valence-corrected chi connectivity index (χ0v) is 10.2. The molecule has 0 spiro atoms. The molecule has 2 aromatic rings. The largest absolute Gasteiger partial charge is 0.373 e. The first-order valence-electron chi connectivity index (χ1n) is 5.26. The van der Waals surface area contributed by atoms with Crippen LogP contribution in [0.15, 0.2) is 24.3 Å². The van der Waals surface area contributed by atoms with E-state index in [4.69, 9.17) is 4.74 Å². The van der Waals surface area contributed by atoms with Crippen LogP contribution in [0.25, 0.3) is 10.1 Å². The van der Waals surface area contributed by atoms with Crippen molar-refractivity contribution in [3.63, 3.8) is 0 Å². The molecule has 0 bridgehead atoms. The number of benzene rings is 1. The summed E-state index contributed by atoms with van der Waals surface area (Å²) in [4.78, 5) is 1.31. The second kappa shape index (κ2) is 4.33. The van der Waals surface area contributed by atoms with Crippen molar-refractivity contribution >= 4 is 21.4 Å². The van der Waals surface area contributed by atoms with Crippen molar-refractivity contribution in [3.8, 4) is 0 Å². The highest BCUT2D eigenvalue weighted by atomic mass is 32.1. The van der Waals surface area contributed by atoms with Crippen LogP contribution in [0.4, 0.5) is 0 Å². The Bertz CT molecular complexity index is 457. The molecule has 0 aliphatic carbocycles. The average Bonchev–Trinajstić information content (AvgIpc) is 2.59. The standard InChI is InChI=1S/C13H16OS/c1-9(2)14-8-12-7-11-6-4-5-10(3)13(11)15-12/h4-7,9H,8H2,1-3H3. The summed E-state index contributed by atoms with van der Waals surface area (Å²) in [6.07, 6.45) is 0.302. The maximum absolute atomic E-state index is 5.61. The van der Waals surface area contributed by atoms with Crippen LogP contribution >= 0.6 is 11.3 Å². The molecular formula is C13H16OS. The molecule has 15 heavy (non-hydrogen) atoms. The lowest BCUT2D eigenvalue weighted by Crippen LogP contribution is -2.00. The first-order chi connectivity index (χ1) is 7.16. The van der Waals surface area contributed by atoms with Gasteiger partial charge in [-0.25, -0.2) is 0 Å². The van der Waals surface area contributed by atoms with Gasteiger partial charge in [0.25, 0.3) is 0 Å². The number of hydrogen-bond acceptors (Lipinski definition) is 2. The molecule has 2 heteroatoms. The Morgan fingerprint density at radius 2 is 2.13 bits per heavy atom. The number of aryl methyl sites for hydroxylation is 1. The molecule has 0 unspecified atom stereocenters. The Morgan fingerprint density at radius 1 is 1.33 bits per heavy atom. The molecule has 0 fully saturated rings. The topological polar surface area (TPSA) is 9.23 Å². The zero-order chi connectivity index (χ0) is 10.8. The van der Waals surface area contributed by atoms with Crippen LogP contribution in [0.2, 0.25) is 0 Å². The predicted molar refractivity (Wildman–Crippen MR) is 66.5 cm³/mol. The van der Waals surface area contributed by atoms with E-state index in [-0.39, 0.29) is 0 Å². The van der Waals surface area contributed by atoms with Gasteiger partial charge in [-0.05, 0) is 37.8 Å². The van der Waals surface area contributed by atoms with Crippen molar-refractivity contribution in [2.75, 3.05) is 0 Å². The smallest absolute Gasteiger partial charge is 0.0813 e. The molecule has 0 amide bonds. The third-order valence-electron chi connectivity index (χ3n) is 2.35. The van der Waals surface area contributed by atoms with Gasteiger partial charge in [-0.3, -0.25) is 0 Å². The van der Waals surface area contributed by atoms with E-state index in [2.05, 4.69) is 45.0 Å². The monoisotopic (exact) mass is 220 g/mol. The van der Waals surface area contributed by atoms with Gasteiger partial charge >= 0.3 is 0 Å². The lowest BCUT2D eigenvalue weighted by molar-refractivity contribution is 0.0675. The van der Waals surface area contributed by atoms with Crippen LogP contribution in [-0.4, -0.2) is 6.10 Å². The second-order valence-electron chi connectivity index (χ2n) is 4.07. The molecule has 1 nitrogen and oxygen atoms in total. The molecule has 0 aliphatic heterocycles. The third-order valence-corrected chi connectivity index (χ3v) is 3.61. The highest BCUT2D eigenvalue weighted by Gasteiger charge is 2.04. The van der Waals surface area contributed by atoms with E-state index < -0.39 is 0 Å². The summed E-state index contributed by atoms with van der Waals surface area (Å²) in [5.41, 5.74) is 1.35. The number of fused-ring (bicyclic) bond motifs is 1. The van der Waals surface area contributed by atoms with Gasteiger partial charge in [-0.2, -0.15) is 0 Å². The fourth-order valence-corrected chi connectivity index (χ4v) is 2.63. The van der Waals surface area contributed by atoms with Crippen molar-refractivity contribution < 1.29 is 4.74 Å². The molecule has 1 heterocycles. The minimum Gasteiger partial charge on any atom is -0.373 e. The maximum atomic E-state index is 5.61. The minimum atomic E-state index is 0.302. The summed E-state index contributed by atoms with van der Waals surface area (Å²) in [6.45, 7) is 7.03. The van der Waals surface area contributed by atoms with Gasteiger partial charge in [0.15, 0.2) is 0 Å². The van der Waals surface area contributed by atoms with Crippen molar-refractivity contribution in [1.29, 1.82) is 0 Å². The van der Waals surface area contributed by atoms with Crippen LogP contribution in [0.1, 0.15) is 24.3 Å². The summed E-state index contributed by atoms with van der Waals surface area (Å²) in [5.74, 6) is 0. The van der Waals surface area contributed by atoms with Crippen LogP contribution < -0.4 is 0 Å². The van der Waals surface area contributed by atoms with Crippen LogP contribution in [-0.2, 0) is 11.3 Å². The van der Waals surface area contributed by atoms with Gasteiger partial charge in [0.1, 0.15) is 0 Å². The fourth-order valence-electron chi connectivity index (χ4n) is 1.58. The van der Waals surface area contributed by atoms with E-state index >= 15 is 0 Å². The number of ether oxygens (including phenoxy) is 1. The van der Waals surface area contributed by atoms with E-state index in [1.165, 1.54) is 20.5 Å². The summed E-state index contributed by atoms with van der Waals surface area (Å²) in [7, 11) is 0. The number of hydrogen-bond donors (Lipinski definition) is 0. The summed E-state index contributed by atoms with van der Waals surface area (Å²) < 4.78 is 7.00. The first-order valence-corrected chi connectivity index (χ1v) is 6.08. The minimum absolute atomic E-state index is 0.302. The molecule has 0 aliphatic rings. The van der Waals surface area contributed by atoms with E-state index in [0.29, 0.717) is 6.10 Å². The molecule has 2 rings (SSSR count). The molecule has 1 aromatic carbocycles. The summed E-state index contributed by atoms with van der Waals surface area (Å²) in [6, 6.07) is 8.66. The number of rotatable bonds is 3. The Labute approximate surface area is 94.7 Å². The van der Waals surface area contributed by atoms with Gasteiger partial charge in [0, 0.05) is 9.58 Å². The first kappa shape index (κ1) is 10.7. The van der Waals surface area contributed by atoms with Gasteiger partial charge in [-0.15, -0.1) is 11.3 Å². The van der Waals surface area contributed by atoms with E-state index in [1.54, 1.807) is 0 Å². The van der Waals surface area contributed by atoms with Gasteiger partial charge in [0.05, 0.1) is 12.7 Å². The summed E-state index contributed by atoms with van der Waals surface area (Å²) in [5, 5.41) is 1.34. The van der Waals surface area contributed by atoms with Crippen molar-refractivity contribution in [2.24, 2.45) is 0 Å². The molecule has 0 radical (unpaired) electrons.